The van der Waals surface area contributed by atoms with Gasteiger partial charge in [-0.05, 0) is 36.4 Å². The first-order chi connectivity index (χ1) is 13.9. The summed E-state index contributed by atoms with van der Waals surface area (Å²) in [5, 5.41) is 8.94. The molecule has 0 unspecified atom stereocenters. The van der Waals surface area contributed by atoms with Crippen molar-refractivity contribution in [3.8, 4) is 22.6 Å². The molecule has 7 nitrogen and oxygen atoms in total. The second-order valence-corrected chi connectivity index (χ2v) is 9.05. The van der Waals surface area contributed by atoms with Crippen LogP contribution < -0.4 is 9.46 Å². The van der Waals surface area contributed by atoms with Crippen LogP contribution in [0, 0.1) is 0 Å². The lowest BCUT2D eigenvalue weighted by Gasteiger charge is -2.13. The number of aromatic nitrogens is 3. The highest BCUT2D eigenvalue weighted by atomic mass is 35.5. The SMILES string of the molecule is O=S(=O)(Nc1cscn1)c1ccc(Oc2ccc(Cl)cc2-c2cn[nH]c2)c(Cl)c1. The Balaban J connectivity index is 1.63. The molecule has 0 aliphatic carbocycles. The fourth-order valence-corrected chi connectivity index (χ4v) is 4.56. The number of benzene rings is 2. The van der Waals surface area contributed by atoms with E-state index in [0.29, 0.717) is 22.1 Å². The largest absolute Gasteiger partial charge is 0.455 e. The molecule has 2 heterocycles. The molecular formula is C18H12Cl2N4O3S2. The predicted octanol–water partition coefficient (Wildman–Crippen LogP) is 5.43. The van der Waals surface area contributed by atoms with Gasteiger partial charge in [-0.3, -0.25) is 9.82 Å². The van der Waals surface area contributed by atoms with E-state index in [1.165, 1.54) is 35.0 Å². The first-order valence-electron chi connectivity index (χ1n) is 8.09. The van der Waals surface area contributed by atoms with Gasteiger partial charge in [-0.2, -0.15) is 5.10 Å². The number of anilines is 1. The van der Waals surface area contributed by atoms with Gasteiger partial charge < -0.3 is 4.74 Å². The van der Waals surface area contributed by atoms with Gasteiger partial charge in [0.2, 0.25) is 0 Å². The molecule has 4 aromatic rings. The summed E-state index contributed by atoms with van der Waals surface area (Å²) in [4.78, 5) is 3.91. The van der Waals surface area contributed by atoms with Crippen LogP contribution in [0.5, 0.6) is 11.5 Å². The normalized spacial score (nSPS) is 11.4. The van der Waals surface area contributed by atoms with Gasteiger partial charge in [0, 0.05) is 27.7 Å². The van der Waals surface area contributed by atoms with Crippen LogP contribution in [0.15, 0.2) is 64.6 Å². The van der Waals surface area contributed by atoms with Gasteiger partial charge in [0.15, 0.2) is 5.82 Å². The fourth-order valence-electron chi connectivity index (χ4n) is 2.52. The molecule has 2 aromatic heterocycles. The van der Waals surface area contributed by atoms with Crippen molar-refractivity contribution in [2.24, 2.45) is 0 Å². The molecule has 11 heteroatoms. The van der Waals surface area contributed by atoms with E-state index in [1.807, 2.05) is 0 Å². The molecule has 0 saturated heterocycles. The van der Waals surface area contributed by atoms with E-state index < -0.39 is 10.0 Å². The van der Waals surface area contributed by atoms with Gasteiger partial charge in [0.1, 0.15) is 11.5 Å². The van der Waals surface area contributed by atoms with Crippen molar-refractivity contribution in [1.29, 1.82) is 0 Å². The summed E-state index contributed by atoms with van der Waals surface area (Å²) in [6, 6.07) is 9.35. The second kappa shape index (κ2) is 8.03. The van der Waals surface area contributed by atoms with E-state index in [2.05, 4.69) is 19.9 Å². The number of thiazole rings is 1. The third-order valence-electron chi connectivity index (χ3n) is 3.86. The number of aromatic amines is 1. The number of nitrogens with zero attached hydrogens (tertiary/aromatic N) is 2. The van der Waals surface area contributed by atoms with E-state index in [0.717, 1.165) is 5.56 Å². The molecule has 0 fully saturated rings. The fraction of sp³-hybridized carbons (Fsp3) is 0. The molecule has 0 saturated carbocycles. The van der Waals surface area contributed by atoms with Crippen LogP contribution >= 0.6 is 34.5 Å². The van der Waals surface area contributed by atoms with E-state index in [9.17, 15) is 8.42 Å². The molecule has 0 spiro atoms. The molecule has 0 aliphatic rings. The van der Waals surface area contributed by atoms with Gasteiger partial charge in [-0.15, -0.1) is 11.3 Å². The molecule has 4 rings (SSSR count). The van der Waals surface area contributed by atoms with Crippen LogP contribution in [0.2, 0.25) is 10.0 Å². The zero-order valence-electron chi connectivity index (χ0n) is 14.5. The van der Waals surface area contributed by atoms with Crippen molar-refractivity contribution < 1.29 is 13.2 Å². The monoisotopic (exact) mass is 466 g/mol. The molecule has 0 bridgehead atoms. The van der Waals surface area contributed by atoms with Gasteiger partial charge in [-0.25, -0.2) is 13.4 Å². The first-order valence-corrected chi connectivity index (χ1v) is 11.3. The second-order valence-electron chi connectivity index (χ2n) is 5.80. The maximum Gasteiger partial charge on any atom is 0.263 e. The van der Waals surface area contributed by atoms with Gasteiger partial charge in [0.05, 0.1) is 21.6 Å². The number of halogens is 2. The predicted molar refractivity (Wildman–Crippen MR) is 113 cm³/mol. The van der Waals surface area contributed by atoms with E-state index in [1.54, 1.807) is 36.0 Å². The molecule has 0 atom stereocenters. The molecule has 29 heavy (non-hydrogen) atoms. The molecule has 148 valence electrons. The highest BCUT2D eigenvalue weighted by molar-refractivity contribution is 7.92. The molecule has 2 aromatic carbocycles. The Morgan fingerprint density at radius 2 is 1.93 bits per heavy atom. The van der Waals surface area contributed by atoms with Crippen molar-refractivity contribution in [3.63, 3.8) is 0 Å². The first kappa shape index (κ1) is 19.7. The van der Waals surface area contributed by atoms with Gasteiger partial charge in [-0.1, -0.05) is 23.2 Å². The van der Waals surface area contributed by atoms with Crippen LogP contribution in [0.25, 0.3) is 11.1 Å². The summed E-state index contributed by atoms with van der Waals surface area (Å²) in [6.07, 6.45) is 3.35. The third-order valence-corrected chi connectivity index (χ3v) is 6.32. The zero-order valence-corrected chi connectivity index (χ0v) is 17.6. The Kier molecular flexibility index (Phi) is 5.46. The Hall–Kier alpha value is -2.59. The van der Waals surface area contributed by atoms with E-state index in [-0.39, 0.29) is 15.7 Å². The maximum atomic E-state index is 12.5. The molecule has 0 amide bonds. The summed E-state index contributed by atoms with van der Waals surface area (Å²) < 4.78 is 33.3. The summed E-state index contributed by atoms with van der Waals surface area (Å²) in [5.41, 5.74) is 3.03. The van der Waals surface area contributed by atoms with E-state index in [4.69, 9.17) is 27.9 Å². The lowest BCUT2D eigenvalue weighted by atomic mass is 10.1. The van der Waals surface area contributed by atoms with Gasteiger partial charge >= 0.3 is 0 Å². The number of sulfonamides is 1. The Morgan fingerprint density at radius 3 is 2.62 bits per heavy atom. The maximum absolute atomic E-state index is 12.5. The minimum absolute atomic E-state index is 0.00554. The van der Waals surface area contributed by atoms with Crippen molar-refractivity contribution in [1.82, 2.24) is 15.2 Å². The molecule has 2 N–H and O–H groups in total. The number of ether oxygens (including phenoxy) is 1. The minimum Gasteiger partial charge on any atom is -0.455 e. The molecular weight excluding hydrogens is 455 g/mol. The summed E-state index contributed by atoms with van der Waals surface area (Å²) in [6.45, 7) is 0. The number of hydrogen-bond donors (Lipinski definition) is 2. The Morgan fingerprint density at radius 1 is 1.10 bits per heavy atom. The number of H-pyrrole nitrogens is 1. The highest BCUT2D eigenvalue weighted by Gasteiger charge is 2.18. The van der Waals surface area contributed by atoms with Crippen LogP contribution in [0.1, 0.15) is 0 Å². The third kappa shape index (κ3) is 4.38. The van der Waals surface area contributed by atoms with Crippen LogP contribution in [0.3, 0.4) is 0 Å². The van der Waals surface area contributed by atoms with E-state index >= 15 is 0 Å². The molecule has 0 aliphatic heterocycles. The summed E-state index contributed by atoms with van der Waals surface area (Å²) in [7, 11) is -3.82. The topological polar surface area (TPSA) is 97.0 Å². The lowest BCUT2D eigenvalue weighted by molar-refractivity contribution is 0.484. The zero-order chi connectivity index (χ0) is 20.4. The minimum atomic E-state index is -3.82. The van der Waals surface area contributed by atoms with Gasteiger partial charge in [0.25, 0.3) is 10.0 Å². The average Bonchev–Trinajstić information content (AvgIpc) is 3.38. The number of rotatable bonds is 6. The van der Waals surface area contributed by atoms with Crippen molar-refractivity contribution in [3.05, 3.63) is 69.7 Å². The molecule has 0 radical (unpaired) electrons. The summed E-state index contributed by atoms with van der Waals surface area (Å²) in [5.74, 6) is 1.04. The quantitative estimate of drug-likeness (QED) is 0.394. The standard InChI is InChI=1S/C18H12Cl2N4O3S2/c19-12-1-3-16(14(5-12)11-7-22-23-8-11)27-17-4-2-13(6-15(17)20)29(25,26)24-18-9-28-10-21-18/h1-10,24H,(H,22,23). The van der Waals surface area contributed by atoms with Crippen LogP contribution in [-0.2, 0) is 10.0 Å². The highest BCUT2D eigenvalue weighted by Crippen LogP contribution is 2.38. The number of nitrogens with one attached hydrogen (secondary N) is 2. The van der Waals surface area contributed by atoms with Crippen molar-refractivity contribution >= 4 is 50.4 Å². The van der Waals surface area contributed by atoms with Crippen molar-refractivity contribution in [2.45, 2.75) is 4.90 Å². The van der Waals surface area contributed by atoms with Crippen molar-refractivity contribution in [2.75, 3.05) is 4.72 Å². The number of hydrogen-bond acceptors (Lipinski definition) is 6. The lowest BCUT2D eigenvalue weighted by Crippen LogP contribution is -2.13. The Bertz CT molecular complexity index is 1240. The summed E-state index contributed by atoms with van der Waals surface area (Å²) >= 11 is 13.7. The average molecular weight is 467 g/mol. The smallest absolute Gasteiger partial charge is 0.263 e. The Labute approximate surface area is 180 Å². The van der Waals surface area contributed by atoms with Crippen LogP contribution in [-0.4, -0.2) is 23.6 Å². The van der Waals surface area contributed by atoms with Crippen LogP contribution in [0.4, 0.5) is 5.82 Å².